The summed E-state index contributed by atoms with van der Waals surface area (Å²) in [5.74, 6) is -1.34. The highest BCUT2D eigenvalue weighted by molar-refractivity contribution is 6.35. The number of hydrogen-bond donors (Lipinski definition) is 2. The summed E-state index contributed by atoms with van der Waals surface area (Å²) in [7, 11) is 1.54. The fraction of sp³-hybridized carbons (Fsp3) is 0.160. The number of hydrogen-bond acceptors (Lipinski definition) is 4. The van der Waals surface area contributed by atoms with Gasteiger partial charge in [-0.2, -0.15) is 0 Å². The third-order valence-corrected chi connectivity index (χ3v) is 5.35. The molecule has 1 unspecified atom stereocenters. The minimum absolute atomic E-state index is 0.131. The van der Waals surface area contributed by atoms with Gasteiger partial charge < -0.3 is 20.3 Å². The second kappa shape index (κ2) is 9.34. The zero-order valence-electron chi connectivity index (χ0n) is 17.6. The molecule has 0 saturated carbocycles. The average molecular weight is 429 g/mol. The van der Waals surface area contributed by atoms with Gasteiger partial charge in [-0.25, -0.2) is 0 Å². The number of amides is 3. The molecule has 3 amide bonds. The first kappa shape index (κ1) is 21.1. The van der Waals surface area contributed by atoms with Crippen molar-refractivity contribution in [1.29, 1.82) is 0 Å². The molecule has 0 aliphatic carbocycles. The molecular weight excluding hydrogens is 406 g/mol. The number of fused-ring (bicyclic) bond motifs is 1. The number of anilines is 1. The van der Waals surface area contributed by atoms with Crippen molar-refractivity contribution in [3.05, 3.63) is 95.6 Å². The number of benzene rings is 3. The summed E-state index contributed by atoms with van der Waals surface area (Å²) < 4.78 is 5.26. The number of nitrogens with one attached hydrogen (secondary N) is 2. The van der Waals surface area contributed by atoms with Crippen molar-refractivity contribution in [3.8, 4) is 5.75 Å². The molecule has 1 aliphatic heterocycles. The lowest BCUT2D eigenvalue weighted by Gasteiger charge is -2.18. The van der Waals surface area contributed by atoms with Gasteiger partial charge in [-0.05, 0) is 17.7 Å². The minimum atomic E-state index is -0.917. The lowest BCUT2D eigenvalue weighted by molar-refractivity contribution is -0.140. The number of para-hydroxylation sites is 2. The zero-order valence-corrected chi connectivity index (χ0v) is 17.6. The largest absolute Gasteiger partial charge is 0.496 e. The van der Waals surface area contributed by atoms with Crippen molar-refractivity contribution in [1.82, 2.24) is 10.6 Å². The highest BCUT2D eigenvalue weighted by Crippen LogP contribution is 2.36. The van der Waals surface area contributed by atoms with E-state index < -0.39 is 17.9 Å². The van der Waals surface area contributed by atoms with Crippen molar-refractivity contribution in [2.24, 2.45) is 0 Å². The zero-order chi connectivity index (χ0) is 22.5. The lowest BCUT2D eigenvalue weighted by Crippen LogP contribution is -2.44. The monoisotopic (exact) mass is 429 g/mol. The normalized spacial score (nSPS) is 14.6. The summed E-state index contributed by atoms with van der Waals surface area (Å²) >= 11 is 0. The van der Waals surface area contributed by atoms with Gasteiger partial charge in [-0.1, -0.05) is 66.7 Å². The minimum Gasteiger partial charge on any atom is -0.496 e. The Morgan fingerprint density at radius 1 is 0.906 bits per heavy atom. The summed E-state index contributed by atoms with van der Waals surface area (Å²) in [6, 6.07) is 23.2. The van der Waals surface area contributed by atoms with E-state index >= 15 is 0 Å². The van der Waals surface area contributed by atoms with Gasteiger partial charge in [0.25, 0.3) is 5.91 Å². The maximum absolute atomic E-state index is 13.2. The lowest BCUT2D eigenvalue weighted by atomic mass is 10.1. The number of nitrogens with zero attached hydrogens (tertiary/aromatic N) is 1. The van der Waals surface area contributed by atoms with Crippen molar-refractivity contribution in [2.75, 3.05) is 12.0 Å². The fourth-order valence-corrected chi connectivity index (χ4v) is 3.76. The first-order chi connectivity index (χ1) is 15.6. The Hall–Kier alpha value is -4.13. The Kier molecular flexibility index (Phi) is 6.17. The second-order valence-corrected chi connectivity index (χ2v) is 7.37. The smallest absolute Gasteiger partial charge is 0.310 e. The van der Waals surface area contributed by atoms with Crippen LogP contribution in [0.25, 0.3) is 0 Å². The van der Waals surface area contributed by atoms with E-state index in [0.29, 0.717) is 17.9 Å². The molecule has 1 aliphatic rings. The SMILES string of the molecule is COc1ccccc1CNC(=O)C(=O)NC1C(=O)N(Cc2ccccc2)c2ccccc21. The number of carbonyl (C=O) groups is 3. The van der Waals surface area contributed by atoms with Crippen LogP contribution in [0.5, 0.6) is 5.75 Å². The maximum atomic E-state index is 13.2. The Balaban J connectivity index is 1.45. The molecule has 0 spiro atoms. The Morgan fingerprint density at radius 2 is 1.59 bits per heavy atom. The standard InChI is InChI=1S/C25H23N3O4/c1-32-21-14-8-5-11-18(21)15-26-23(29)24(30)27-22-19-12-6-7-13-20(19)28(25(22)31)16-17-9-3-2-4-10-17/h2-14,22H,15-16H2,1H3,(H,26,29)(H,27,30). The van der Waals surface area contributed by atoms with E-state index in [1.54, 1.807) is 29.2 Å². The number of rotatable bonds is 6. The van der Waals surface area contributed by atoms with Gasteiger partial charge in [0.05, 0.1) is 13.7 Å². The van der Waals surface area contributed by atoms with Gasteiger partial charge >= 0.3 is 11.8 Å². The van der Waals surface area contributed by atoms with E-state index in [9.17, 15) is 14.4 Å². The van der Waals surface area contributed by atoms with Crippen LogP contribution in [-0.4, -0.2) is 24.8 Å². The van der Waals surface area contributed by atoms with Crippen molar-refractivity contribution < 1.29 is 19.1 Å². The van der Waals surface area contributed by atoms with Crippen LogP contribution < -0.4 is 20.3 Å². The van der Waals surface area contributed by atoms with Crippen molar-refractivity contribution >= 4 is 23.4 Å². The molecule has 1 atom stereocenters. The number of carbonyl (C=O) groups excluding carboxylic acids is 3. The highest BCUT2D eigenvalue weighted by Gasteiger charge is 2.38. The van der Waals surface area contributed by atoms with Gasteiger partial charge in [0.1, 0.15) is 11.8 Å². The Morgan fingerprint density at radius 3 is 2.38 bits per heavy atom. The molecule has 162 valence electrons. The predicted octanol–water partition coefficient (Wildman–Crippen LogP) is 2.72. The molecular formula is C25H23N3O4. The molecule has 0 bridgehead atoms. The highest BCUT2D eigenvalue weighted by atomic mass is 16.5. The Labute approximate surface area is 186 Å². The summed E-state index contributed by atoms with van der Waals surface area (Å²) in [6.45, 7) is 0.509. The summed E-state index contributed by atoms with van der Waals surface area (Å²) in [5, 5.41) is 5.17. The Bertz CT molecular complexity index is 1150. The van der Waals surface area contributed by atoms with Gasteiger partial charge in [-0.3, -0.25) is 14.4 Å². The molecule has 4 rings (SSSR count). The molecule has 3 aromatic carbocycles. The van der Waals surface area contributed by atoms with Crippen LogP contribution in [0.3, 0.4) is 0 Å². The van der Waals surface area contributed by atoms with E-state index in [4.69, 9.17) is 4.74 Å². The third kappa shape index (κ3) is 4.32. The predicted molar refractivity (Wildman–Crippen MR) is 120 cm³/mol. The summed E-state index contributed by atoms with van der Waals surface area (Å²) in [4.78, 5) is 39.8. The molecule has 2 N–H and O–H groups in total. The average Bonchev–Trinajstić information content (AvgIpc) is 3.09. The van der Waals surface area contributed by atoms with Gasteiger partial charge in [0, 0.05) is 23.4 Å². The molecule has 0 saturated heterocycles. The van der Waals surface area contributed by atoms with E-state index in [0.717, 1.165) is 16.8 Å². The molecule has 3 aromatic rings. The first-order valence-electron chi connectivity index (χ1n) is 10.2. The quantitative estimate of drug-likeness (QED) is 0.590. The van der Waals surface area contributed by atoms with Crippen LogP contribution in [0.4, 0.5) is 5.69 Å². The van der Waals surface area contributed by atoms with E-state index in [1.807, 2.05) is 54.6 Å². The van der Waals surface area contributed by atoms with Crippen molar-refractivity contribution in [3.63, 3.8) is 0 Å². The molecule has 0 fully saturated rings. The van der Waals surface area contributed by atoms with Crippen molar-refractivity contribution in [2.45, 2.75) is 19.1 Å². The molecule has 7 heteroatoms. The van der Waals surface area contributed by atoms with E-state index in [1.165, 1.54) is 7.11 Å². The fourth-order valence-electron chi connectivity index (χ4n) is 3.76. The van der Waals surface area contributed by atoms with Gasteiger partial charge in [0.15, 0.2) is 0 Å². The van der Waals surface area contributed by atoms with Gasteiger partial charge in [-0.15, -0.1) is 0 Å². The van der Waals surface area contributed by atoms with Crippen LogP contribution in [0.1, 0.15) is 22.7 Å². The first-order valence-corrected chi connectivity index (χ1v) is 10.2. The van der Waals surface area contributed by atoms with Crippen LogP contribution in [0.2, 0.25) is 0 Å². The van der Waals surface area contributed by atoms with Gasteiger partial charge in [0.2, 0.25) is 0 Å². The summed E-state index contributed by atoms with van der Waals surface area (Å²) in [6.07, 6.45) is 0. The topological polar surface area (TPSA) is 87.7 Å². The second-order valence-electron chi connectivity index (χ2n) is 7.37. The van der Waals surface area contributed by atoms with Crippen LogP contribution >= 0.6 is 0 Å². The van der Waals surface area contributed by atoms with Crippen LogP contribution in [0, 0.1) is 0 Å². The molecule has 0 aromatic heterocycles. The molecule has 1 heterocycles. The van der Waals surface area contributed by atoms with E-state index in [2.05, 4.69) is 10.6 Å². The molecule has 32 heavy (non-hydrogen) atoms. The third-order valence-electron chi connectivity index (χ3n) is 5.35. The van der Waals surface area contributed by atoms with Crippen LogP contribution in [-0.2, 0) is 27.5 Å². The molecule has 0 radical (unpaired) electrons. The number of ether oxygens (including phenoxy) is 1. The summed E-state index contributed by atoms with van der Waals surface area (Å²) in [5.41, 5.74) is 3.10. The maximum Gasteiger partial charge on any atom is 0.310 e. The van der Waals surface area contributed by atoms with E-state index in [-0.39, 0.29) is 12.5 Å². The molecule has 7 nitrogen and oxygen atoms in total. The van der Waals surface area contributed by atoms with Crippen LogP contribution in [0.15, 0.2) is 78.9 Å². The number of methoxy groups -OCH3 is 1.